The van der Waals surface area contributed by atoms with Gasteiger partial charge in [0.15, 0.2) is 5.78 Å². The molecule has 2 N–H and O–H groups in total. The van der Waals surface area contributed by atoms with E-state index in [4.69, 9.17) is 18.5 Å². The number of alkyl halides is 3. The van der Waals surface area contributed by atoms with Crippen LogP contribution in [-0.4, -0.2) is 53.1 Å². The Morgan fingerprint density at radius 1 is 1.06 bits per heavy atom. The van der Waals surface area contributed by atoms with E-state index in [1.165, 1.54) is 0 Å². The lowest BCUT2D eigenvalue weighted by Crippen LogP contribution is -2.50. The van der Waals surface area contributed by atoms with Crippen molar-refractivity contribution in [3.63, 3.8) is 0 Å². The summed E-state index contributed by atoms with van der Waals surface area (Å²) in [4.78, 5) is 40.9. The highest BCUT2D eigenvalue weighted by Crippen LogP contribution is 2.50. The van der Waals surface area contributed by atoms with Crippen LogP contribution in [0.15, 0.2) is 77.3 Å². The van der Waals surface area contributed by atoms with E-state index in [0.717, 1.165) is 29.8 Å². The number of hydrogen-bond donors (Lipinski definition) is 2. The van der Waals surface area contributed by atoms with Crippen LogP contribution in [0.2, 0.25) is 0 Å². The zero-order chi connectivity index (χ0) is 37.4. The molecule has 2 aromatic carbocycles. The Morgan fingerprint density at radius 3 is 2.44 bits per heavy atom. The van der Waals surface area contributed by atoms with Crippen LogP contribution in [-0.2, 0) is 45.7 Å². The lowest BCUT2D eigenvalue weighted by molar-refractivity contribution is -0.152. The molecule has 3 aliphatic rings. The van der Waals surface area contributed by atoms with E-state index in [1.54, 1.807) is 41.4 Å². The van der Waals surface area contributed by atoms with Gasteiger partial charge in [-0.05, 0) is 73.0 Å². The predicted molar refractivity (Wildman–Crippen MR) is 188 cm³/mol. The molecule has 0 radical (unpaired) electrons. The Bertz CT molecular complexity index is 1660. The molecule has 2 aliphatic carbocycles. The molecule has 1 heterocycles. The number of allylic oxidation sites excluding steroid dienone is 3. The highest BCUT2D eigenvalue weighted by molar-refractivity contribution is 9.11. The predicted octanol–water partition coefficient (Wildman–Crippen LogP) is 7.93. The molecule has 5 atom stereocenters. The van der Waals surface area contributed by atoms with Crippen molar-refractivity contribution >= 4 is 41.2 Å². The minimum Gasteiger partial charge on any atom is -0.459 e. The quantitative estimate of drug-likeness (QED) is 0.161. The van der Waals surface area contributed by atoms with Crippen molar-refractivity contribution in [2.24, 2.45) is 5.92 Å². The Morgan fingerprint density at radius 2 is 1.77 bits per heavy atom. The molecule has 0 spiro atoms. The maximum Gasteiger partial charge on any atom is 0.459 e. The van der Waals surface area contributed by atoms with Gasteiger partial charge in [0, 0.05) is 30.8 Å². The van der Waals surface area contributed by atoms with Gasteiger partial charge in [-0.15, -0.1) is 0 Å². The summed E-state index contributed by atoms with van der Waals surface area (Å²) in [5, 5.41) is 13.8. The molecule has 52 heavy (non-hydrogen) atoms. The van der Waals surface area contributed by atoms with Crippen molar-refractivity contribution in [1.82, 2.24) is 5.09 Å². The number of ketones is 2. The fourth-order valence-corrected chi connectivity index (χ4v) is 8.83. The minimum atomic E-state index is -4.61. The summed E-state index contributed by atoms with van der Waals surface area (Å²) in [7, 11) is -4.59. The van der Waals surface area contributed by atoms with Crippen molar-refractivity contribution in [3.05, 3.63) is 88.4 Å². The SMILES string of the molecule is O=C1CCCC(=O)C([C@H]2CC(O)[C@@H](COP(=O)(NC3(C(=O)OCc4ccccc4)CCCC3)Oc3ccc(C(F)(F)F)cc3)O2)CC/C=C1/C=C/Br. The summed E-state index contributed by atoms with van der Waals surface area (Å²) in [6.45, 7) is -0.536. The van der Waals surface area contributed by atoms with Crippen molar-refractivity contribution in [3.8, 4) is 5.75 Å². The van der Waals surface area contributed by atoms with Crippen LogP contribution in [0.5, 0.6) is 5.75 Å². The van der Waals surface area contributed by atoms with Gasteiger partial charge in [0.05, 0.1) is 24.4 Å². The van der Waals surface area contributed by atoms with Gasteiger partial charge in [-0.1, -0.05) is 65.2 Å². The highest BCUT2D eigenvalue weighted by Gasteiger charge is 2.50. The first-order valence-electron chi connectivity index (χ1n) is 17.3. The lowest BCUT2D eigenvalue weighted by Gasteiger charge is -2.32. The molecule has 282 valence electrons. The van der Waals surface area contributed by atoms with Gasteiger partial charge in [0.25, 0.3) is 0 Å². The number of aliphatic hydroxyl groups is 1. The molecule has 3 unspecified atom stereocenters. The van der Waals surface area contributed by atoms with Gasteiger partial charge in [-0.25, -0.2) is 4.57 Å². The third-order valence-corrected chi connectivity index (χ3v) is 11.5. The summed E-state index contributed by atoms with van der Waals surface area (Å²) in [5.41, 5.74) is -1.15. The summed E-state index contributed by atoms with van der Waals surface area (Å²) in [5.74, 6) is -1.62. The van der Waals surface area contributed by atoms with Crippen LogP contribution < -0.4 is 9.61 Å². The first-order chi connectivity index (χ1) is 24.8. The second-order valence-corrected chi connectivity index (χ2v) is 15.5. The number of carbonyl (C=O) groups is 3. The first-order valence-corrected chi connectivity index (χ1v) is 19.7. The monoisotopic (exact) mass is 811 g/mol. The van der Waals surface area contributed by atoms with Gasteiger partial charge in [0.2, 0.25) is 0 Å². The van der Waals surface area contributed by atoms with E-state index in [-0.39, 0.29) is 56.0 Å². The van der Waals surface area contributed by atoms with Crippen LogP contribution in [0.3, 0.4) is 0 Å². The van der Waals surface area contributed by atoms with Crippen LogP contribution in [0.4, 0.5) is 13.2 Å². The van der Waals surface area contributed by atoms with E-state index < -0.39 is 61.8 Å². The average Bonchev–Trinajstić information content (AvgIpc) is 3.74. The number of benzene rings is 2. The zero-order valence-electron chi connectivity index (χ0n) is 28.4. The molecule has 2 aromatic rings. The Labute approximate surface area is 308 Å². The molecule has 10 nitrogen and oxygen atoms in total. The zero-order valence-corrected chi connectivity index (χ0v) is 30.9. The number of hydrogen-bond acceptors (Lipinski definition) is 9. The number of halogens is 4. The van der Waals surface area contributed by atoms with E-state index >= 15 is 0 Å². The second-order valence-electron chi connectivity index (χ2n) is 13.3. The lowest BCUT2D eigenvalue weighted by atomic mass is 9.86. The molecular formula is C37H42BrF3NO9P. The Kier molecular flexibility index (Phi) is 13.7. The Hall–Kier alpha value is -3.13. The molecule has 1 aliphatic heterocycles. The van der Waals surface area contributed by atoms with E-state index in [2.05, 4.69) is 21.0 Å². The molecule has 15 heteroatoms. The second kappa shape index (κ2) is 17.8. The van der Waals surface area contributed by atoms with Gasteiger partial charge in [-0.2, -0.15) is 18.3 Å². The minimum absolute atomic E-state index is 0.0436. The van der Waals surface area contributed by atoms with Crippen LogP contribution in [0.25, 0.3) is 0 Å². The van der Waals surface area contributed by atoms with Crippen molar-refractivity contribution in [2.75, 3.05) is 6.61 Å². The summed E-state index contributed by atoms with van der Waals surface area (Å²) < 4.78 is 77.7. The molecule has 2 fully saturated rings. The maximum absolute atomic E-state index is 14.5. The Balaban J connectivity index is 1.33. The average molecular weight is 813 g/mol. The van der Waals surface area contributed by atoms with E-state index in [9.17, 15) is 37.2 Å². The number of esters is 1. The van der Waals surface area contributed by atoms with Crippen molar-refractivity contribution in [1.29, 1.82) is 0 Å². The normalized spacial score (nSPS) is 26.4. The molecule has 0 amide bonds. The fourth-order valence-electron chi connectivity index (χ4n) is 6.80. The molecule has 1 saturated heterocycles. The first kappa shape index (κ1) is 40.1. The highest BCUT2D eigenvalue weighted by atomic mass is 79.9. The number of Topliss-reactive ketones (excluding diaryl/α,β-unsaturated/α-hetero) is 2. The largest absolute Gasteiger partial charge is 0.459 e. The van der Waals surface area contributed by atoms with E-state index in [1.807, 2.05) is 6.07 Å². The summed E-state index contributed by atoms with van der Waals surface area (Å²) >= 11 is 3.20. The summed E-state index contributed by atoms with van der Waals surface area (Å²) in [6.07, 6.45) is -0.736. The van der Waals surface area contributed by atoms with Crippen LogP contribution in [0.1, 0.15) is 75.3 Å². The molecule has 5 rings (SSSR count). The number of aliphatic hydroxyl groups excluding tert-OH is 1. The van der Waals surface area contributed by atoms with Crippen LogP contribution in [0, 0.1) is 5.92 Å². The number of ether oxygens (including phenoxy) is 2. The third kappa shape index (κ3) is 10.5. The number of carbonyl (C=O) groups excluding carboxylic acids is 3. The summed E-state index contributed by atoms with van der Waals surface area (Å²) in [6, 6.07) is 12.5. The van der Waals surface area contributed by atoms with E-state index in [0.29, 0.717) is 37.7 Å². The molecule has 0 bridgehead atoms. The maximum atomic E-state index is 14.5. The molecular weight excluding hydrogens is 770 g/mol. The third-order valence-electron chi connectivity index (χ3n) is 9.58. The van der Waals surface area contributed by atoms with Gasteiger partial charge >= 0.3 is 19.9 Å². The number of nitrogens with one attached hydrogen (secondary N) is 1. The molecule has 1 saturated carbocycles. The fraction of sp³-hybridized carbons (Fsp3) is 0.486. The topological polar surface area (TPSA) is 137 Å². The number of rotatable bonds is 12. The van der Waals surface area contributed by atoms with Crippen molar-refractivity contribution < 1.29 is 55.7 Å². The van der Waals surface area contributed by atoms with Crippen molar-refractivity contribution in [2.45, 2.75) is 101 Å². The van der Waals surface area contributed by atoms with Gasteiger partial charge in [0.1, 0.15) is 29.8 Å². The molecule has 0 aromatic heterocycles. The van der Waals surface area contributed by atoms with Gasteiger partial charge < -0.3 is 19.1 Å². The van der Waals surface area contributed by atoms with Crippen LogP contribution >= 0.6 is 23.7 Å². The van der Waals surface area contributed by atoms with Gasteiger partial charge in [-0.3, -0.25) is 18.9 Å². The smallest absolute Gasteiger partial charge is 0.459 e. The standard InChI is InChI=1S/C37H42BrF3NO9P/c38-21-18-26-10-6-11-29(31(44)13-7-12-30(26)43)33-22-32(45)34(50-33)24-49-52(47,51-28-16-14-27(15-17-28)37(39,40)41)42-36(19-4-5-20-36)35(46)48-23-25-8-2-1-3-9-25/h1-3,8-10,14-18,21,29,32-34,45H,4-7,11-13,19-20,22-24H2,(H,42,47)/b21-18+,26-10-/t29?,32?,33-,34-,52?/m1/s1.